The van der Waals surface area contributed by atoms with Gasteiger partial charge in [0.25, 0.3) is 5.91 Å². The molecule has 2 aliphatic heterocycles. The molecule has 0 radical (unpaired) electrons. The van der Waals surface area contributed by atoms with Crippen LogP contribution in [-0.4, -0.2) is 63.8 Å². The Kier molecular flexibility index (Phi) is 4.40. The molecule has 2 amide bonds. The first-order valence-corrected chi connectivity index (χ1v) is 9.31. The molecular formula is C19H25N5O2. The van der Waals surface area contributed by atoms with Gasteiger partial charge in [-0.3, -0.25) is 14.5 Å². The number of rotatable bonds is 3. The number of nitrogens with one attached hydrogen (secondary N) is 1. The lowest BCUT2D eigenvalue weighted by molar-refractivity contribution is -0.130. The van der Waals surface area contributed by atoms with Crippen molar-refractivity contribution in [3.05, 3.63) is 29.6 Å². The van der Waals surface area contributed by atoms with Crippen molar-refractivity contribution in [1.82, 2.24) is 19.8 Å². The standard InChI is InChI=1S/C19H25N5O2/c1-12(25)23-9-6-14(7-10-23)24-8-5-13(11-24)19-21-16-4-2-3-15(18(20)26)17(16)22-19/h2-4,13-14H,5-11H2,1H3,(H2,20,26)(H,21,22)/t13-/m0/s1. The van der Waals surface area contributed by atoms with Crippen LogP contribution in [0.3, 0.4) is 0 Å². The molecule has 2 fully saturated rings. The summed E-state index contributed by atoms with van der Waals surface area (Å²) < 4.78 is 0. The van der Waals surface area contributed by atoms with Gasteiger partial charge in [-0.25, -0.2) is 4.98 Å². The van der Waals surface area contributed by atoms with Gasteiger partial charge in [0, 0.05) is 38.5 Å². The first kappa shape index (κ1) is 17.0. The highest BCUT2D eigenvalue weighted by Gasteiger charge is 2.33. The van der Waals surface area contributed by atoms with Crippen LogP contribution in [0, 0.1) is 0 Å². The Morgan fingerprint density at radius 2 is 1.96 bits per heavy atom. The molecule has 26 heavy (non-hydrogen) atoms. The molecule has 138 valence electrons. The minimum Gasteiger partial charge on any atom is -0.366 e. The van der Waals surface area contributed by atoms with Gasteiger partial charge in [-0.05, 0) is 37.9 Å². The first-order chi connectivity index (χ1) is 12.5. The van der Waals surface area contributed by atoms with Gasteiger partial charge in [-0.15, -0.1) is 0 Å². The highest BCUT2D eigenvalue weighted by atomic mass is 16.2. The normalized spacial score (nSPS) is 22.2. The van der Waals surface area contributed by atoms with E-state index in [4.69, 9.17) is 10.7 Å². The Balaban J connectivity index is 1.46. The second kappa shape index (κ2) is 6.72. The number of nitrogens with two attached hydrogens (primary N) is 1. The molecule has 2 saturated heterocycles. The molecule has 2 aromatic rings. The maximum Gasteiger partial charge on any atom is 0.250 e. The van der Waals surface area contributed by atoms with E-state index >= 15 is 0 Å². The second-order valence-corrected chi connectivity index (χ2v) is 7.41. The highest BCUT2D eigenvalue weighted by molar-refractivity contribution is 6.04. The van der Waals surface area contributed by atoms with Gasteiger partial charge in [0.15, 0.2) is 0 Å². The topological polar surface area (TPSA) is 95.3 Å². The van der Waals surface area contributed by atoms with Crippen LogP contribution in [0.2, 0.25) is 0 Å². The maximum absolute atomic E-state index is 11.6. The van der Waals surface area contributed by atoms with Crippen LogP contribution in [0.4, 0.5) is 0 Å². The lowest BCUT2D eigenvalue weighted by atomic mass is 10.0. The summed E-state index contributed by atoms with van der Waals surface area (Å²) in [5, 5.41) is 0. The number of benzene rings is 1. The van der Waals surface area contributed by atoms with Crippen molar-refractivity contribution in [3.8, 4) is 0 Å². The summed E-state index contributed by atoms with van der Waals surface area (Å²) in [5.74, 6) is 1.01. The molecule has 1 atom stereocenters. The molecule has 0 spiro atoms. The smallest absolute Gasteiger partial charge is 0.250 e. The molecule has 0 saturated carbocycles. The van der Waals surface area contributed by atoms with Crippen LogP contribution in [0.5, 0.6) is 0 Å². The lowest BCUT2D eigenvalue weighted by Crippen LogP contribution is -2.45. The van der Waals surface area contributed by atoms with Gasteiger partial charge in [-0.2, -0.15) is 0 Å². The number of nitrogens with zero attached hydrogens (tertiary/aromatic N) is 3. The third-order valence-electron chi connectivity index (χ3n) is 5.83. The third kappa shape index (κ3) is 3.07. The van der Waals surface area contributed by atoms with Crippen molar-refractivity contribution >= 4 is 22.8 Å². The number of likely N-dealkylation sites (tertiary alicyclic amines) is 2. The predicted molar refractivity (Wildman–Crippen MR) is 98.8 cm³/mol. The second-order valence-electron chi connectivity index (χ2n) is 7.41. The molecule has 3 heterocycles. The van der Waals surface area contributed by atoms with Crippen molar-refractivity contribution in [2.45, 2.75) is 38.1 Å². The summed E-state index contributed by atoms with van der Waals surface area (Å²) in [6, 6.07) is 6.02. The van der Waals surface area contributed by atoms with Crippen molar-refractivity contribution in [2.24, 2.45) is 5.73 Å². The number of fused-ring (bicyclic) bond motifs is 1. The van der Waals surface area contributed by atoms with E-state index in [-0.39, 0.29) is 5.91 Å². The maximum atomic E-state index is 11.6. The van der Waals surface area contributed by atoms with E-state index in [1.165, 1.54) is 0 Å². The minimum absolute atomic E-state index is 0.176. The van der Waals surface area contributed by atoms with Gasteiger partial charge in [0.1, 0.15) is 11.3 Å². The molecule has 0 aliphatic carbocycles. The number of primary amides is 1. The fourth-order valence-corrected chi connectivity index (χ4v) is 4.33. The summed E-state index contributed by atoms with van der Waals surface area (Å²) in [6.45, 7) is 5.38. The summed E-state index contributed by atoms with van der Waals surface area (Å²) in [6.07, 6.45) is 3.13. The van der Waals surface area contributed by atoms with Gasteiger partial charge in [-0.1, -0.05) is 6.07 Å². The van der Waals surface area contributed by atoms with E-state index in [2.05, 4.69) is 9.88 Å². The Morgan fingerprint density at radius 1 is 1.19 bits per heavy atom. The number of carbonyl (C=O) groups excluding carboxylic acids is 2. The van der Waals surface area contributed by atoms with E-state index in [0.29, 0.717) is 23.0 Å². The van der Waals surface area contributed by atoms with E-state index in [1.54, 1.807) is 13.0 Å². The number of amides is 2. The number of H-pyrrole nitrogens is 1. The number of piperidine rings is 1. The summed E-state index contributed by atoms with van der Waals surface area (Å²) >= 11 is 0. The van der Waals surface area contributed by atoms with Gasteiger partial charge >= 0.3 is 0 Å². The SMILES string of the molecule is CC(=O)N1CCC(N2CC[C@H](c3nc4c(C(N)=O)cccc4[nH]3)C2)CC1. The number of imidazole rings is 1. The summed E-state index contributed by atoms with van der Waals surface area (Å²) in [5.41, 5.74) is 7.47. The van der Waals surface area contributed by atoms with Crippen LogP contribution < -0.4 is 5.73 Å². The molecule has 0 bridgehead atoms. The number of para-hydroxylation sites is 1. The number of hydrogen-bond acceptors (Lipinski definition) is 4. The predicted octanol–water partition coefficient (Wildman–Crippen LogP) is 1.46. The van der Waals surface area contributed by atoms with E-state index in [1.807, 2.05) is 17.0 Å². The van der Waals surface area contributed by atoms with Crippen molar-refractivity contribution < 1.29 is 9.59 Å². The van der Waals surface area contributed by atoms with Gasteiger partial charge in [0.05, 0.1) is 11.1 Å². The number of aromatic nitrogens is 2. The largest absolute Gasteiger partial charge is 0.366 e. The van der Waals surface area contributed by atoms with Crippen molar-refractivity contribution in [2.75, 3.05) is 26.2 Å². The van der Waals surface area contributed by atoms with E-state index in [0.717, 1.165) is 56.8 Å². The zero-order valence-corrected chi connectivity index (χ0v) is 15.1. The zero-order valence-electron chi connectivity index (χ0n) is 15.1. The van der Waals surface area contributed by atoms with E-state index in [9.17, 15) is 9.59 Å². The molecule has 2 aliphatic rings. The Morgan fingerprint density at radius 3 is 2.65 bits per heavy atom. The molecule has 0 unspecified atom stereocenters. The van der Waals surface area contributed by atoms with Crippen LogP contribution in [0.15, 0.2) is 18.2 Å². The van der Waals surface area contributed by atoms with Crippen LogP contribution >= 0.6 is 0 Å². The number of carbonyl (C=O) groups is 2. The molecule has 3 N–H and O–H groups in total. The van der Waals surface area contributed by atoms with Crippen molar-refractivity contribution in [3.63, 3.8) is 0 Å². The zero-order chi connectivity index (χ0) is 18.3. The van der Waals surface area contributed by atoms with Crippen LogP contribution in [-0.2, 0) is 4.79 Å². The molecule has 7 heteroatoms. The molecular weight excluding hydrogens is 330 g/mol. The Labute approximate surface area is 152 Å². The number of aromatic amines is 1. The quantitative estimate of drug-likeness (QED) is 0.871. The number of hydrogen-bond donors (Lipinski definition) is 2. The average Bonchev–Trinajstić information content (AvgIpc) is 3.28. The summed E-state index contributed by atoms with van der Waals surface area (Å²) in [7, 11) is 0. The molecule has 1 aromatic heterocycles. The fourth-order valence-electron chi connectivity index (χ4n) is 4.33. The lowest BCUT2D eigenvalue weighted by Gasteiger charge is -2.36. The monoisotopic (exact) mass is 355 g/mol. The summed E-state index contributed by atoms with van der Waals surface area (Å²) in [4.78, 5) is 35.6. The van der Waals surface area contributed by atoms with Crippen LogP contribution in [0.25, 0.3) is 11.0 Å². The highest BCUT2D eigenvalue weighted by Crippen LogP contribution is 2.31. The molecule has 4 rings (SSSR count). The molecule has 1 aromatic carbocycles. The molecule has 7 nitrogen and oxygen atoms in total. The van der Waals surface area contributed by atoms with Gasteiger partial charge < -0.3 is 15.6 Å². The van der Waals surface area contributed by atoms with E-state index < -0.39 is 5.91 Å². The van der Waals surface area contributed by atoms with Gasteiger partial charge in [0.2, 0.25) is 5.91 Å². The minimum atomic E-state index is -0.445. The first-order valence-electron chi connectivity index (χ1n) is 9.31. The fraction of sp³-hybridized carbons (Fsp3) is 0.526. The third-order valence-corrected chi connectivity index (χ3v) is 5.83. The van der Waals surface area contributed by atoms with Crippen LogP contribution in [0.1, 0.15) is 48.3 Å². The Hall–Kier alpha value is -2.41. The Bertz CT molecular complexity index is 838. The average molecular weight is 355 g/mol. The van der Waals surface area contributed by atoms with Crippen molar-refractivity contribution in [1.29, 1.82) is 0 Å².